The standard InChI is InChI=1S/C21H13BrCl2N2O3/c1-28-18-6-3-11(8-14(18)22)20(27)25-16-9-12(2-5-15(16)24)21-26-17-10-13(23)4-7-19(17)29-21/h2-10H,1H3,(H,25,27). The topological polar surface area (TPSA) is 64.4 Å². The van der Waals surface area contributed by atoms with Crippen LogP contribution < -0.4 is 10.1 Å². The Labute approximate surface area is 184 Å². The number of nitrogens with one attached hydrogen (secondary N) is 1. The average Bonchev–Trinajstić information content (AvgIpc) is 3.12. The van der Waals surface area contributed by atoms with Gasteiger partial charge in [-0.1, -0.05) is 23.2 Å². The summed E-state index contributed by atoms with van der Waals surface area (Å²) < 4.78 is 11.7. The van der Waals surface area contributed by atoms with E-state index in [1.54, 1.807) is 61.7 Å². The molecule has 0 aliphatic carbocycles. The molecule has 1 heterocycles. The van der Waals surface area contributed by atoms with E-state index in [1.807, 2.05) is 0 Å². The minimum Gasteiger partial charge on any atom is -0.496 e. The number of anilines is 1. The lowest BCUT2D eigenvalue weighted by Crippen LogP contribution is -2.12. The van der Waals surface area contributed by atoms with Crippen LogP contribution in [0.4, 0.5) is 5.69 Å². The smallest absolute Gasteiger partial charge is 0.255 e. The highest BCUT2D eigenvalue weighted by Gasteiger charge is 2.14. The molecule has 0 bridgehead atoms. The lowest BCUT2D eigenvalue weighted by Gasteiger charge is -2.10. The number of ether oxygens (including phenoxy) is 1. The molecule has 0 saturated heterocycles. The highest BCUT2D eigenvalue weighted by Crippen LogP contribution is 2.32. The van der Waals surface area contributed by atoms with E-state index < -0.39 is 0 Å². The monoisotopic (exact) mass is 490 g/mol. The molecule has 3 aromatic carbocycles. The van der Waals surface area contributed by atoms with Crippen LogP contribution in [0, 0.1) is 0 Å². The number of benzene rings is 3. The van der Waals surface area contributed by atoms with Crippen molar-refractivity contribution in [1.29, 1.82) is 0 Å². The third-order valence-corrected chi connectivity index (χ3v) is 5.41. The number of fused-ring (bicyclic) bond motifs is 1. The summed E-state index contributed by atoms with van der Waals surface area (Å²) >= 11 is 15.7. The fourth-order valence-electron chi connectivity index (χ4n) is 2.78. The van der Waals surface area contributed by atoms with E-state index in [9.17, 15) is 4.79 Å². The summed E-state index contributed by atoms with van der Waals surface area (Å²) in [7, 11) is 1.56. The fraction of sp³-hybridized carbons (Fsp3) is 0.0476. The summed E-state index contributed by atoms with van der Waals surface area (Å²) in [6, 6.07) is 15.4. The highest BCUT2D eigenvalue weighted by molar-refractivity contribution is 9.10. The molecule has 5 nitrogen and oxygen atoms in total. The molecule has 1 amide bonds. The van der Waals surface area contributed by atoms with E-state index in [0.29, 0.717) is 54.1 Å². The van der Waals surface area contributed by atoms with Gasteiger partial charge in [0.2, 0.25) is 5.89 Å². The van der Waals surface area contributed by atoms with Crippen LogP contribution >= 0.6 is 39.1 Å². The van der Waals surface area contributed by atoms with Gasteiger partial charge < -0.3 is 14.5 Å². The van der Waals surface area contributed by atoms with Gasteiger partial charge in [-0.3, -0.25) is 4.79 Å². The van der Waals surface area contributed by atoms with Crippen LogP contribution in [-0.4, -0.2) is 18.0 Å². The molecule has 0 radical (unpaired) electrons. The van der Waals surface area contributed by atoms with Crippen molar-refractivity contribution >= 4 is 61.8 Å². The second kappa shape index (κ2) is 8.06. The fourth-order valence-corrected chi connectivity index (χ4v) is 3.65. The number of aromatic nitrogens is 1. The number of carbonyl (C=O) groups excluding carboxylic acids is 1. The molecule has 0 atom stereocenters. The Bertz CT molecular complexity index is 1240. The number of rotatable bonds is 4. The van der Waals surface area contributed by atoms with Crippen LogP contribution in [0.15, 0.2) is 63.5 Å². The number of halogens is 3. The van der Waals surface area contributed by atoms with Gasteiger partial charge in [-0.2, -0.15) is 0 Å². The van der Waals surface area contributed by atoms with Crippen molar-refractivity contribution < 1.29 is 13.9 Å². The zero-order valence-corrected chi connectivity index (χ0v) is 18.1. The summed E-state index contributed by atoms with van der Waals surface area (Å²) in [5.41, 5.74) is 2.84. The van der Waals surface area contributed by atoms with Crippen molar-refractivity contribution in [3.63, 3.8) is 0 Å². The molecule has 0 fully saturated rings. The van der Waals surface area contributed by atoms with Crippen molar-refractivity contribution in [2.24, 2.45) is 0 Å². The number of hydrogen-bond donors (Lipinski definition) is 1. The van der Waals surface area contributed by atoms with Crippen molar-refractivity contribution in [3.05, 3.63) is 74.7 Å². The van der Waals surface area contributed by atoms with Gasteiger partial charge in [0.15, 0.2) is 5.58 Å². The van der Waals surface area contributed by atoms with Crippen molar-refractivity contribution in [1.82, 2.24) is 4.98 Å². The molecule has 4 rings (SSSR count). The first-order valence-corrected chi connectivity index (χ1v) is 10.0. The molecule has 146 valence electrons. The maximum absolute atomic E-state index is 12.7. The van der Waals surface area contributed by atoms with Crippen LogP contribution in [0.5, 0.6) is 5.75 Å². The van der Waals surface area contributed by atoms with Crippen LogP contribution in [0.1, 0.15) is 10.4 Å². The summed E-state index contributed by atoms with van der Waals surface area (Å²) in [5, 5.41) is 3.79. The highest BCUT2D eigenvalue weighted by atomic mass is 79.9. The Hall–Kier alpha value is -2.54. The summed E-state index contributed by atoms with van der Waals surface area (Å²) in [6.45, 7) is 0. The normalized spacial score (nSPS) is 10.9. The van der Waals surface area contributed by atoms with Crippen LogP contribution in [0.3, 0.4) is 0 Å². The molecule has 0 aliphatic rings. The Morgan fingerprint density at radius 3 is 2.69 bits per heavy atom. The first-order valence-electron chi connectivity index (χ1n) is 8.45. The third-order valence-electron chi connectivity index (χ3n) is 4.23. The number of hydrogen-bond acceptors (Lipinski definition) is 4. The molecule has 4 aromatic rings. The van der Waals surface area contributed by atoms with Gasteiger partial charge in [0.1, 0.15) is 11.3 Å². The van der Waals surface area contributed by atoms with Crippen molar-refractivity contribution in [3.8, 4) is 17.2 Å². The van der Waals surface area contributed by atoms with Gasteiger partial charge in [-0.05, 0) is 70.5 Å². The second-order valence-corrected chi connectivity index (χ2v) is 7.83. The number of amides is 1. The van der Waals surface area contributed by atoms with Crippen molar-refractivity contribution in [2.75, 3.05) is 12.4 Å². The summed E-state index contributed by atoms with van der Waals surface area (Å²) in [5.74, 6) is 0.732. The summed E-state index contributed by atoms with van der Waals surface area (Å²) in [6.07, 6.45) is 0. The van der Waals surface area contributed by atoms with E-state index >= 15 is 0 Å². The van der Waals surface area contributed by atoms with E-state index in [1.165, 1.54) is 0 Å². The lowest BCUT2D eigenvalue weighted by molar-refractivity contribution is 0.102. The van der Waals surface area contributed by atoms with Crippen LogP contribution in [-0.2, 0) is 0 Å². The number of oxazole rings is 1. The van der Waals surface area contributed by atoms with E-state index in [2.05, 4.69) is 26.2 Å². The molecule has 0 spiro atoms. The molecule has 1 aromatic heterocycles. The molecule has 8 heteroatoms. The van der Waals surface area contributed by atoms with Gasteiger partial charge in [-0.15, -0.1) is 0 Å². The van der Waals surface area contributed by atoms with Gasteiger partial charge in [0, 0.05) is 16.1 Å². The Kier molecular flexibility index (Phi) is 5.50. The first-order chi connectivity index (χ1) is 13.9. The van der Waals surface area contributed by atoms with Gasteiger partial charge in [0.05, 0.1) is 22.3 Å². The molecular formula is C21H13BrCl2N2O3. The maximum Gasteiger partial charge on any atom is 0.255 e. The zero-order valence-electron chi connectivity index (χ0n) is 15.0. The quantitative estimate of drug-likeness (QED) is 0.340. The minimum atomic E-state index is -0.309. The number of carbonyl (C=O) groups is 1. The minimum absolute atomic E-state index is 0.309. The van der Waals surface area contributed by atoms with Gasteiger partial charge in [-0.25, -0.2) is 4.98 Å². The largest absolute Gasteiger partial charge is 0.496 e. The summed E-state index contributed by atoms with van der Waals surface area (Å²) in [4.78, 5) is 17.1. The molecule has 1 N–H and O–H groups in total. The SMILES string of the molecule is COc1ccc(C(=O)Nc2cc(-c3nc4cc(Cl)ccc4o3)ccc2Cl)cc1Br. The number of nitrogens with zero attached hydrogens (tertiary/aromatic N) is 1. The van der Waals surface area contributed by atoms with Crippen LogP contribution in [0.2, 0.25) is 10.0 Å². The lowest BCUT2D eigenvalue weighted by atomic mass is 10.1. The van der Waals surface area contributed by atoms with Crippen molar-refractivity contribution in [2.45, 2.75) is 0 Å². The molecule has 29 heavy (non-hydrogen) atoms. The molecule has 0 unspecified atom stereocenters. The molecule has 0 saturated carbocycles. The van der Waals surface area contributed by atoms with Crippen LogP contribution in [0.25, 0.3) is 22.6 Å². The Morgan fingerprint density at radius 1 is 1.10 bits per heavy atom. The van der Waals surface area contributed by atoms with Gasteiger partial charge in [0.25, 0.3) is 5.91 Å². The predicted molar refractivity (Wildman–Crippen MR) is 118 cm³/mol. The first kappa shape index (κ1) is 19.8. The van der Waals surface area contributed by atoms with E-state index in [4.69, 9.17) is 32.4 Å². The number of methoxy groups -OCH3 is 1. The second-order valence-electron chi connectivity index (χ2n) is 6.13. The van der Waals surface area contributed by atoms with E-state index in [-0.39, 0.29) is 5.91 Å². The Balaban J connectivity index is 1.64. The average molecular weight is 492 g/mol. The van der Waals surface area contributed by atoms with Gasteiger partial charge >= 0.3 is 0 Å². The van der Waals surface area contributed by atoms with E-state index in [0.717, 1.165) is 0 Å². The predicted octanol–water partition coefficient (Wildman–Crippen LogP) is 6.83. The maximum atomic E-state index is 12.7. The Morgan fingerprint density at radius 2 is 1.93 bits per heavy atom. The third kappa shape index (κ3) is 4.10. The molecular weight excluding hydrogens is 479 g/mol. The molecule has 0 aliphatic heterocycles. The zero-order chi connectivity index (χ0) is 20.5.